The van der Waals surface area contributed by atoms with Crippen LogP contribution in [0.15, 0.2) is 108 Å². The minimum absolute atomic E-state index is 0.0207. The quantitative estimate of drug-likeness (QED) is 0.153. The smallest absolute Gasteiger partial charge is 0.416 e. The highest BCUT2D eigenvalue weighted by molar-refractivity contribution is 7.90. The molecule has 0 unspecified atom stereocenters. The van der Waals surface area contributed by atoms with E-state index in [1.807, 2.05) is 36.4 Å². The number of hydrogen-bond acceptors (Lipinski definition) is 5. The van der Waals surface area contributed by atoms with Gasteiger partial charge in [0, 0.05) is 45.3 Å². The number of nitrogens with one attached hydrogen (secondary N) is 1. The van der Waals surface area contributed by atoms with Crippen LogP contribution in [0.25, 0.3) is 0 Å². The molecule has 0 aliphatic rings. The summed E-state index contributed by atoms with van der Waals surface area (Å²) in [5.41, 5.74) is 2.52. The molecule has 45 heavy (non-hydrogen) atoms. The number of sulfone groups is 1. The Morgan fingerprint density at radius 3 is 2.11 bits per heavy atom. The zero-order valence-corrected chi connectivity index (χ0v) is 26.1. The molecule has 4 aromatic carbocycles. The van der Waals surface area contributed by atoms with Crippen molar-refractivity contribution in [3.63, 3.8) is 0 Å². The lowest BCUT2D eigenvalue weighted by atomic mass is 9.90. The van der Waals surface area contributed by atoms with Crippen LogP contribution in [0.3, 0.4) is 0 Å². The summed E-state index contributed by atoms with van der Waals surface area (Å²) in [5, 5.41) is 2.62. The van der Waals surface area contributed by atoms with E-state index in [4.69, 9.17) is 4.74 Å². The number of hydrogen-bond donors (Lipinski definition) is 1. The van der Waals surface area contributed by atoms with Crippen LogP contribution < -0.4 is 10.1 Å². The molecule has 0 aliphatic carbocycles. The second kappa shape index (κ2) is 15.2. The van der Waals surface area contributed by atoms with Crippen LogP contribution in [0.5, 0.6) is 5.75 Å². The number of ether oxygens (including phenoxy) is 1. The van der Waals surface area contributed by atoms with Crippen LogP contribution in [0.1, 0.15) is 47.1 Å². The number of benzene rings is 4. The topological polar surface area (TPSA) is 75.7 Å². The fraction of sp³-hybridized carbons (Fsp3) is 0.286. The molecule has 6 nitrogen and oxygen atoms in total. The predicted molar refractivity (Wildman–Crippen MR) is 169 cm³/mol. The second-order valence-electron chi connectivity index (χ2n) is 11.0. The third-order valence-corrected chi connectivity index (χ3v) is 8.54. The first-order chi connectivity index (χ1) is 21.4. The normalized spacial score (nSPS) is 12.0. The van der Waals surface area contributed by atoms with Gasteiger partial charge in [-0.15, -0.1) is 0 Å². The van der Waals surface area contributed by atoms with Crippen molar-refractivity contribution in [2.75, 3.05) is 26.0 Å². The Hall–Kier alpha value is -4.15. The van der Waals surface area contributed by atoms with Gasteiger partial charge in [-0.2, -0.15) is 13.2 Å². The largest absolute Gasteiger partial charge is 0.494 e. The van der Waals surface area contributed by atoms with Crippen LogP contribution in [0, 0.1) is 0 Å². The van der Waals surface area contributed by atoms with E-state index in [0.717, 1.165) is 23.4 Å². The summed E-state index contributed by atoms with van der Waals surface area (Å²) in [7, 11) is -3.58. The molecule has 0 saturated carbocycles. The van der Waals surface area contributed by atoms with E-state index in [-0.39, 0.29) is 29.9 Å². The van der Waals surface area contributed by atoms with Crippen molar-refractivity contribution < 1.29 is 31.1 Å². The summed E-state index contributed by atoms with van der Waals surface area (Å²) in [6.45, 7) is 3.07. The van der Waals surface area contributed by atoms with Gasteiger partial charge in [0.25, 0.3) is 0 Å². The van der Waals surface area contributed by atoms with Gasteiger partial charge in [-0.1, -0.05) is 84.9 Å². The first-order valence-electron chi connectivity index (χ1n) is 14.6. The number of alkyl halides is 3. The first-order valence-corrected chi connectivity index (χ1v) is 16.5. The molecule has 0 atom stereocenters. The molecule has 4 rings (SSSR count). The van der Waals surface area contributed by atoms with E-state index < -0.39 is 21.6 Å². The number of halogens is 3. The molecular weight excluding hydrogens is 601 g/mol. The molecule has 0 radical (unpaired) electrons. The molecule has 0 saturated heterocycles. The molecule has 4 aromatic rings. The molecule has 0 aliphatic heterocycles. The SMILES string of the molecule is CC(=O)NCc1ccc(OCCCN(Cc2cccc(C(F)(F)F)c2)CC(c2ccccc2)c2ccccc2)cc1S(C)(=O)=O. The molecule has 0 spiro atoms. The van der Waals surface area contributed by atoms with Crippen molar-refractivity contribution >= 4 is 15.7 Å². The number of carbonyl (C=O) groups excluding carboxylic acids is 1. The van der Waals surface area contributed by atoms with Gasteiger partial charge in [0.15, 0.2) is 9.84 Å². The van der Waals surface area contributed by atoms with Gasteiger partial charge in [-0.3, -0.25) is 9.69 Å². The molecule has 10 heteroatoms. The Kier molecular flexibility index (Phi) is 11.4. The van der Waals surface area contributed by atoms with Crippen molar-refractivity contribution in [3.8, 4) is 5.75 Å². The Morgan fingerprint density at radius 1 is 0.889 bits per heavy atom. The van der Waals surface area contributed by atoms with Gasteiger partial charge >= 0.3 is 6.18 Å². The number of rotatable bonds is 14. The predicted octanol–water partition coefficient (Wildman–Crippen LogP) is 6.85. The van der Waals surface area contributed by atoms with Crippen LogP contribution >= 0.6 is 0 Å². The van der Waals surface area contributed by atoms with Crippen LogP contribution in [0.2, 0.25) is 0 Å². The third-order valence-electron chi connectivity index (χ3n) is 7.36. The van der Waals surface area contributed by atoms with E-state index in [9.17, 15) is 26.4 Å². The highest BCUT2D eigenvalue weighted by Crippen LogP contribution is 2.31. The van der Waals surface area contributed by atoms with Gasteiger partial charge in [0.2, 0.25) is 5.91 Å². The highest BCUT2D eigenvalue weighted by atomic mass is 32.2. The zero-order valence-electron chi connectivity index (χ0n) is 25.3. The van der Waals surface area contributed by atoms with Crippen molar-refractivity contribution in [2.45, 2.75) is 43.4 Å². The zero-order chi connectivity index (χ0) is 32.5. The van der Waals surface area contributed by atoms with Crippen molar-refractivity contribution in [1.82, 2.24) is 10.2 Å². The highest BCUT2D eigenvalue weighted by Gasteiger charge is 2.30. The number of amides is 1. The third kappa shape index (κ3) is 10.2. The summed E-state index contributed by atoms with van der Waals surface area (Å²) in [6, 6.07) is 30.1. The van der Waals surface area contributed by atoms with Crippen LogP contribution in [0.4, 0.5) is 13.2 Å². The maximum absolute atomic E-state index is 13.5. The van der Waals surface area contributed by atoms with E-state index in [2.05, 4.69) is 34.5 Å². The molecule has 0 aromatic heterocycles. The Morgan fingerprint density at radius 2 is 1.53 bits per heavy atom. The standard InChI is InChI=1S/C35H37F3N2O4S/c1-26(41)39-23-30-17-18-32(22-34(30)45(2,42)43)44-20-10-19-40(24-27-11-9-16-31(21-27)35(36,37)38)25-33(28-12-5-3-6-13-28)29-14-7-4-8-15-29/h3-9,11-18,21-22,33H,10,19-20,23-25H2,1-2H3,(H,39,41). The number of carbonyl (C=O) groups is 1. The maximum Gasteiger partial charge on any atom is 0.416 e. The van der Waals surface area contributed by atoms with Crippen molar-refractivity contribution in [3.05, 3.63) is 131 Å². The molecule has 0 bridgehead atoms. The van der Waals surface area contributed by atoms with E-state index >= 15 is 0 Å². The lowest BCUT2D eigenvalue weighted by Crippen LogP contribution is -2.31. The molecule has 1 N–H and O–H groups in total. The Labute approximate surface area is 262 Å². The average molecular weight is 639 g/mol. The monoisotopic (exact) mass is 638 g/mol. The van der Waals surface area contributed by atoms with Crippen molar-refractivity contribution in [2.24, 2.45) is 0 Å². The Balaban J connectivity index is 1.53. The van der Waals surface area contributed by atoms with E-state index in [1.165, 1.54) is 25.1 Å². The summed E-state index contributed by atoms with van der Waals surface area (Å²) in [5.74, 6) is 0.0803. The van der Waals surface area contributed by atoms with Gasteiger partial charge in [-0.25, -0.2) is 8.42 Å². The van der Waals surface area contributed by atoms with Gasteiger partial charge in [-0.05, 0) is 46.9 Å². The molecule has 0 heterocycles. The Bertz CT molecular complexity index is 1620. The molecular formula is C35H37F3N2O4S. The maximum atomic E-state index is 13.5. The lowest BCUT2D eigenvalue weighted by molar-refractivity contribution is -0.137. The molecule has 238 valence electrons. The summed E-state index contributed by atoms with van der Waals surface area (Å²) >= 11 is 0. The minimum atomic E-state index is -4.44. The molecule has 1 amide bonds. The van der Waals surface area contributed by atoms with Gasteiger partial charge in [0.05, 0.1) is 17.1 Å². The summed E-state index contributed by atoms with van der Waals surface area (Å²) in [6.07, 6.45) is -2.80. The average Bonchev–Trinajstić information content (AvgIpc) is 3.01. The van der Waals surface area contributed by atoms with Crippen molar-refractivity contribution in [1.29, 1.82) is 0 Å². The first kappa shape index (κ1) is 33.7. The lowest BCUT2D eigenvalue weighted by Gasteiger charge is -2.29. The van der Waals surface area contributed by atoms with E-state index in [1.54, 1.807) is 18.2 Å². The van der Waals surface area contributed by atoms with Crippen LogP contribution in [-0.2, 0) is 33.9 Å². The minimum Gasteiger partial charge on any atom is -0.494 e. The fourth-order valence-corrected chi connectivity index (χ4v) is 6.13. The van der Waals surface area contributed by atoms with Gasteiger partial charge in [0.1, 0.15) is 5.75 Å². The molecule has 0 fully saturated rings. The summed E-state index contributed by atoms with van der Waals surface area (Å²) in [4.78, 5) is 13.5. The van der Waals surface area contributed by atoms with E-state index in [0.29, 0.717) is 42.9 Å². The van der Waals surface area contributed by atoms with Gasteiger partial charge < -0.3 is 10.1 Å². The van der Waals surface area contributed by atoms with Crippen LogP contribution in [-0.4, -0.2) is 45.2 Å². The fourth-order valence-electron chi connectivity index (χ4n) is 5.19. The number of nitrogens with zero attached hydrogens (tertiary/aromatic N) is 1. The summed E-state index contributed by atoms with van der Waals surface area (Å²) < 4.78 is 71.2. The second-order valence-corrected chi connectivity index (χ2v) is 12.9.